The number of ketones is 2. The van der Waals surface area contributed by atoms with Crippen LogP contribution in [0.15, 0.2) is 59.3 Å². The monoisotopic (exact) mass is 371 g/mol. The lowest BCUT2D eigenvalue weighted by molar-refractivity contribution is -0.116. The number of carbonyl (C=O) groups is 2. The van der Waals surface area contributed by atoms with Crippen molar-refractivity contribution in [3.8, 4) is 5.88 Å². The van der Waals surface area contributed by atoms with Gasteiger partial charge in [-0.15, -0.1) is 0 Å². The first kappa shape index (κ1) is 17.1. The molecule has 1 unspecified atom stereocenters. The van der Waals surface area contributed by atoms with Crippen LogP contribution < -0.4 is 4.74 Å². The van der Waals surface area contributed by atoms with Crippen molar-refractivity contribution < 1.29 is 14.3 Å². The Hall–Kier alpha value is -3.01. The summed E-state index contributed by atoms with van der Waals surface area (Å²) in [5.41, 5.74) is 6.55. The van der Waals surface area contributed by atoms with Crippen molar-refractivity contribution in [2.75, 3.05) is 6.61 Å². The zero-order valence-electron chi connectivity index (χ0n) is 15.8. The third-order valence-corrected chi connectivity index (χ3v) is 5.98. The Balaban J connectivity index is 1.68. The quantitative estimate of drug-likeness (QED) is 0.787. The molecule has 5 rings (SSSR count). The van der Waals surface area contributed by atoms with Gasteiger partial charge >= 0.3 is 0 Å². The molecular weight excluding hydrogens is 350 g/mol. The van der Waals surface area contributed by atoms with E-state index in [0.29, 0.717) is 25.3 Å². The third kappa shape index (κ3) is 2.48. The summed E-state index contributed by atoms with van der Waals surface area (Å²) in [4.78, 5) is 30.6. The summed E-state index contributed by atoms with van der Waals surface area (Å²) in [5, 5.41) is 0. The zero-order chi connectivity index (χ0) is 19.3. The van der Waals surface area contributed by atoms with Gasteiger partial charge in [-0.1, -0.05) is 35.9 Å². The van der Waals surface area contributed by atoms with Gasteiger partial charge in [0.15, 0.2) is 11.6 Å². The summed E-state index contributed by atoms with van der Waals surface area (Å²) in [6.45, 7) is 2.46. The minimum Gasteiger partial charge on any atom is -0.478 e. The molecule has 0 saturated carbocycles. The molecule has 0 radical (unpaired) electrons. The van der Waals surface area contributed by atoms with Crippen molar-refractivity contribution in [3.05, 3.63) is 76.0 Å². The lowest BCUT2D eigenvalue weighted by Gasteiger charge is -2.32. The lowest BCUT2D eigenvalue weighted by atomic mass is 9.70. The maximum atomic E-state index is 13.3. The van der Waals surface area contributed by atoms with E-state index in [0.717, 1.165) is 46.3 Å². The number of rotatable bonds is 3. The Morgan fingerprint density at radius 2 is 1.86 bits per heavy atom. The highest BCUT2D eigenvalue weighted by Gasteiger charge is 2.43. The summed E-state index contributed by atoms with van der Waals surface area (Å²) >= 11 is 0. The van der Waals surface area contributed by atoms with E-state index in [1.807, 2.05) is 43.3 Å². The molecule has 4 nitrogen and oxygen atoms in total. The molecule has 1 heterocycles. The molecule has 0 fully saturated rings. The van der Waals surface area contributed by atoms with Gasteiger partial charge in [0.25, 0.3) is 0 Å². The Bertz CT molecular complexity index is 1060. The number of carbonyl (C=O) groups excluding carboxylic acids is 2. The second kappa shape index (κ2) is 6.55. The number of nitrogens with zero attached hydrogens (tertiary/aromatic N) is 1. The molecule has 0 saturated heterocycles. The van der Waals surface area contributed by atoms with Gasteiger partial charge in [-0.3, -0.25) is 9.59 Å². The predicted molar refractivity (Wildman–Crippen MR) is 106 cm³/mol. The normalized spacial score (nSPS) is 20.8. The molecule has 1 atom stereocenters. The second-order valence-corrected chi connectivity index (χ2v) is 7.53. The number of fused-ring (bicyclic) bond motifs is 2. The van der Waals surface area contributed by atoms with Crippen LogP contribution >= 0.6 is 0 Å². The molecule has 28 heavy (non-hydrogen) atoms. The maximum Gasteiger partial charge on any atom is 0.213 e. The van der Waals surface area contributed by atoms with E-state index in [1.165, 1.54) is 5.57 Å². The topological polar surface area (TPSA) is 56.3 Å². The fraction of sp³-hybridized carbons (Fsp3) is 0.292. The van der Waals surface area contributed by atoms with E-state index < -0.39 is 0 Å². The Labute approximate surface area is 163 Å². The van der Waals surface area contributed by atoms with E-state index in [2.05, 4.69) is 4.98 Å². The van der Waals surface area contributed by atoms with E-state index in [-0.39, 0.29) is 17.5 Å². The van der Waals surface area contributed by atoms with Gasteiger partial charge in [0, 0.05) is 41.3 Å². The molecule has 0 N–H and O–H groups in total. The van der Waals surface area contributed by atoms with Crippen LogP contribution in [0.5, 0.6) is 5.88 Å². The van der Waals surface area contributed by atoms with Crippen LogP contribution in [0.3, 0.4) is 0 Å². The molecule has 3 aliphatic carbocycles. The van der Waals surface area contributed by atoms with Crippen LogP contribution in [-0.2, 0) is 4.79 Å². The van der Waals surface area contributed by atoms with Crippen LogP contribution in [0.25, 0.3) is 5.57 Å². The minimum atomic E-state index is -0.324. The number of aromatic nitrogens is 1. The Morgan fingerprint density at radius 3 is 2.61 bits per heavy atom. The van der Waals surface area contributed by atoms with Gasteiger partial charge < -0.3 is 4.74 Å². The van der Waals surface area contributed by atoms with Crippen LogP contribution in [-0.4, -0.2) is 23.2 Å². The molecule has 1 aromatic heterocycles. The highest BCUT2D eigenvalue weighted by atomic mass is 16.5. The average Bonchev–Trinajstić information content (AvgIpc) is 3.00. The van der Waals surface area contributed by atoms with Crippen molar-refractivity contribution >= 4 is 17.1 Å². The van der Waals surface area contributed by atoms with E-state index in [4.69, 9.17) is 4.74 Å². The number of benzene rings is 1. The first-order chi connectivity index (χ1) is 13.7. The molecule has 140 valence electrons. The standard InChI is InChI=1S/C24H21NO3/c1-2-28-20-11-10-15(13-25-20)22-21-14(6-5-9-19(21)26)12-18-16-7-3-4-8-17(16)24(27)23(18)22/h3-4,7-8,10-11,13,22H,2,5-6,9,12H2,1H3. The number of allylic oxidation sites excluding steroid dienone is 4. The number of ether oxygens (including phenoxy) is 1. The highest BCUT2D eigenvalue weighted by Crippen LogP contribution is 2.52. The fourth-order valence-corrected chi connectivity index (χ4v) is 4.83. The molecule has 4 heteroatoms. The Morgan fingerprint density at radius 1 is 1.04 bits per heavy atom. The van der Waals surface area contributed by atoms with Gasteiger partial charge in [0.1, 0.15) is 0 Å². The van der Waals surface area contributed by atoms with Gasteiger partial charge in [-0.2, -0.15) is 0 Å². The molecular formula is C24H21NO3. The van der Waals surface area contributed by atoms with Gasteiger partial charge in [0.05, 0.1) is 6.61 Å². The van der Waals surface area contributed by atoms with Crippen LogP contribution in [0.1, 0.15) is 60.0 Å². The minimum absolute atomic E-state index is 0.0504. The maximum absolute atomic E-state index is 13.3. The fourth-order valence-electron chi connectivity index (χ4n) is 4.83. The first-order valence-corrected chi connectivity index (χ1v) is 9.90. The second-order valence-electron chi connectivity index (χ2n) is 7.53. The summed E-state index contributed by atoms with van der Waals surface area (Å²) in [6.07, 6.45) is 4.84. The van der Waals surface area contributed by atoms with Crippen molar-refractivity contribution in [1.29, 1.82) is 0 Å². The third-order valence-electron chi connectivity index (χ3n) is 5.98. The smallest absolute Gasteiger partial charge is 0.213 e. The summed E-state index contributed by atoms with van der Waals surface area (Å²) < 4.78 is 5.47. The summed E-state index contributed by atoms with van der Waals surface area (Å²) in [5.74, 6) is 0.459. The summed E-state index contributed by atoms with van der Waals surface area (Å²) in [7, 11) is 0. The van der Waals surface area contributed by atoms with Gasteiger partial charge in [-0.05, 0) is 42.9 Å². The molecule has 2 aromatic rings. The van der Waals surface area contributed by atoms with E-state index in [1.54, 1.807) is 6.20 Å². The SMILES string of the molecule is CCOc1ccc(C2C3=C(CCCC3=O)CC3=C2C(=O)c2ccccc23)cn1. The molecule has 3 aliphatic rings. The predicted octanol–water partition coefficient (Wildman–Crippen LogP) is 4.67. The molecule has 1 aromatic carbocycles. The van der Waals surface area contributed by atoms with Crippen LogP contribution in [0.4, 0.5) is 0 Å². The number of pyridine rings is 1. The van der Waals surface area contributed by atoms with Crippen LogP contribution in [0, 0.1) is 0 Å². The Kier molecular flexibility index (Phi) is 4.00. The van der Waals surface area contributed by atoms with Crippen LogP contribution in [0.2, 0.25) is 0 Å². The molecule has 0 amide bonds. The van der Waals surface area contributed by atoms with E-state index in [9.17, 15) is 9.59 Å². The summed E-state index contributed by atoms with van der Waals surface area (Å²) in [6, 6.07) is 11.6. The number of hydrogen-bond acceptors (Lipinski definition) is 4. The number of hydrogen-bond donors (Lipinski definition) is 0. The van der Waals surface area contributed by atoms with Gasteiger partial charge in [-0.25, -0.2) is 4.98 Å². The molecule has 0 spiro atoms. The lowest BCUT2D eigenvalue weighted by Crippen LogP contribution is -2.25. The molecule has 0 bridgehead atoms. The van der Waals surface area contributed by atoms with Crippen molar-refractivity contribution in [3.63, 3.8) is 0 Å². The molecule has 0 aliphatic heterocycles. The van der Waals surface area contributed by atoms with Crippen molar-refractivity contribution in [2.45, 2.75) is 38.5 Å². The van der Waals surface area contributed by atoms with Crippen molar-refractivity contribution in [2.24, 2.45) is 0 Å². The first-order valence-electron chi connectivity index (χ1n) is 9.90. The van der Waals surface area contributed by atoms with Crippen molar-refractivity contribution in [1.82, 2.24) is 4.98 Å². The largest absolute Gasteiger partial charge is 0.478 e. The van der Waals surface area contributed by atoms with E-state index >= 15 is 0 Å². The number of Topliss-reactive ketones (excluding diaryl/α,β-unsaturated/α-hetero) is 2. The highest BCUT2D eigenvalue weighted by molar-refractivity contribution is 6.23. The van der Waals surface area contributed by atoms with Gasteiger partial charge in [0.2, 0.25) is 5.88 Å². The zero-order valence-corrected chi connectivity index (χ0v) is 15.8. The average molecular weight is 371 g/mol.